The van der Waals surface area contributed by atoms with E-state index < -0.39 is 0 Å². The number of nitrogens with zero attached hydrogens (tertiary/aromatic N) is 3. The molecule has 0 atom stereocenters. The summed E-state index contributed by atoms with van der Waals surface area (Å²) in [5.41, 5.74) is 3.22. The first-order valence-electron chi connectivity index (χ1n) is 6.97. The van der Waals surface area contributed by atoms with Gasteiger partial charge in [-0.1, -0.05) is 17.7 Å². The second kappa shape index (κ2) is 5.91. The minimum atomic E-state index is -0.00919. The van der Waals surface area contributed by atoms with Gasteiger partial charge in [0.2, 0.25) is 0 Å². The molecule has 2 heterocycles. The molecule has 0 bridgehead atoms. The van der Waals surface area contributed by atoms with Crippen LogP contribution in [0.1, 0.15) is 16.8 Å². The predicted octanol–water partition coefficient (Wildman–Crippen LogP) is 1.75. The fourth-order valence-corrected chi connectivity index (χ4v) is 2.35. The standard InChI is InChI=1S/C16H17N3O2/c1-12-2-4-14(5-3-12)21-10-16(20)19-7-6-15-13(9-19)8-17-11-18-15/h2-5,8,11H,6-7,9-10H2,1H3. The van der Waals surface area contributed by atoms with E-state index in [1.165, 1.54) is 5.56 Å². The molecule has 3 rings (SSSR count). The molecule has 1 aromatic heterocycles. The van der Waals surface area contributed by atoms with Crippen LogP contribution in [0.15, 0.2) is 36.8 Å². The van der Waals surface area contributed by atoms with Crippen molar-refractivity contribution < 1.29 is 9.53 Å². The molecule has 1 amide bonds. The normalized spacial score (nSPS) is 13.7. The van der Waals surface area contributed by atoms with Crippen LogP contribution in [0.25, 0.3) is 0 Å². The molecule has 0 saturated carbocycles. The number of carbonyl (C=O) groups excluding carboxylic acids is 1. The van der Waals surface area contributed by atoms with Crippen molar-refractivity contribution >= 4 is 5.91 Å². The molecule has 1 aromatic carbocycles. The molecule has 5 heteroatoms. The Balaban J connectivity index is 1.58. The smallest absolute Gasteiger partial charge is 0.260 e. The Hall–Kier alpha value is -2.43. The van der Waals surface area contributed by atoms with E-state index in [2.05, 4.69) is 9.97 Å². The highest BCUT2D eigenvalue weighted by Crippen LogP contribution is 2.16. The van der Waals surface area contributed by atoms with Gasteiger partial charge in [0, 0.05) is 31.3 Å². The number of hydrogen-bond acceptors (Lipinski definition) is 4. The Morgan fingerprint density at radius 1 is 1.33 bits per heavy atom. The molecule has 1 aliphatic rings. The lowest BCUT2D eigenvalue weighted by molar-refractivity contribution is -0.134. The first-order valence-corrected chi connectivity index (χ1v) is 6.97. The fraction of sp³-hybridized carbons (Fsp3) is 0.312. The summed E-state index contributed by atoms with van der Waals surface area (Å²) in [7, 11) is 0. The van der Waals surface area contributed by atoms with Gasteiger partial charge in [0.05, 0.1) is 5.69 Å². The molecule has 0 radical (unpaired) electrons. The van der Waals surface area contributed by atoms with Gasteiger partial charge in [-0.15, -0.1) is 0 Å². The molecule has 2 aromatic rings. The third kappa shape index (κ3) is 3.18. The first-order chi connectivity index (χ1) is 10.2. The lowest BCUT2D eigenvalue weighted by Crippen LogP contribution is -2.39. The molecular weight excluding hydrogens is 266 g/mol. The maximum atomic E-state index is 12.2. The number of benzene rings is 1. The van der Waals surface area contributed by atoms with Crippen molar-refractivity contribution in [2.75, 3.05) is 13.2 Å². The van der Waals surface area contributed by atoms with Crippen molar-refractivity contribution in [2.24, 2.45) is 0 Å². The van der Waals surface area contributed by atoms with Crippen LogP contribution in [-0.4, -0.2) is 33.9 Å². The quantitative estimate of drug-likeness (QED) is 0.861. The molecular formula is C16H17N3O2. The van der Waals surface area contributed by atoms with Crippen molar-refractivity contribution in [3.63, 3.8) is 0 Å². The molecule has 0 aliphatic carbocycles. The van der Waals surface area contributed by atoms with E-state index in [0.717, 1.165) is 23.4 Å². The lowest BCUT2D eigenvalue weighted by atomic mass is 10.1. The van der Waals surface area contributed by atoms with E-state index in [1.54, 1.807) is 17.4 Å². The molecule has 0 unspecified atom stereocenters. The molecule has 21 heavy (non-hydrogen) atoms. The number of hydrogen-bond donors (Lipinski definition) is 0. The summed E-state index contributed by atoms with van der Waals surface area (Å²) < 4.78 is 5.54. The summed E-state index contributed by atoms with van der Waals surface area (Å²) in [6.07, 6.45) is 4.10. The number of carbonyl (C=O) groups is 1. The van der Waals surface area contributed by atoms with Crippen LogP contribution < -0.4 is 4.74 Å². The van der Waals surface area contributed by atoms with Gasteiger partial charge in [0.15, 0.2) is 6.61 Å². The van der Waals surface area contributed by atoms with Gasteiger partial charge in [-0.3, -0.25) is 4.79 Å². The van der Waals surface area contributed by atoms with Crippen molar-refractivity contribution in [1.82, 2.24) is 14.9 Å². The van der Waals surface area contributed by atoms with Gasteiger partial charge in [0.25, 0.3) is 5.91 Å². The first kappa shape index (κ1) is 13.5. The molecule has 5 nitrogen and oxygen atoms in total. The molecule has 108 valence electrons. The average molecular weight is 283 g/mol. The maximum Gasteiger partial charge on any atom is 0.260 e. The number of amides is 1. The van der Waals surface area contributed by atoms with Crippen molar-refractivity contribution in [3.8, 4) is 5.75 Å². The van der Waals surface area contributed by atoms with E-state index in [9.17, 15) is 4.79 Å². The van der Waals surface area contributed by atoms with Crippen LogP contribution in [0.5, 0.6) is 5.75 Å². The zero-order valence-corrected chi connectivity index (χ0v) is 12.0. The van der Waals surface area contributed by atoms with Gasteiger partial charge in [-0.25, -0.2) is 9.97 Å². The number of aromatic nitrogens is 2. The summed E-state index contributed by atoms with van der Waals surface area (Å²) in [5.74, 6) is 0.708. The third-order valence-corrected chi connectivity index (χ3v) is 3.60. The van der Waals surface area contributed by atoms with E-state index >= 15 is 0 Å². The Labute approximate surface area is 123 Å². The topological polar surface area (TPSA) is 55.3 Å². The van der Waals surface area contributed by atoms with Gasteiger partial charge < -0.3 is 9.64 Å². The zero-order chi connectivity index (χ0) is 14.7. The molecule has 1 aliphatic heterocycles. The molecule has 0 spiro atoms. The zero-order valence-electron chi connectivity index (χ0n) is 12.0. The van der Waals surface area contributed by atoms with E-state index in [-0.39, 0.29) is 12.5 Å². The number of fused-ring (bicyclic) bond motifs is 1. The SMILES string of the molecule is Cc1ccc(OCC(=O)N2CCc3ncncc3C2)cc1. The Bertz CT molecular complexity index is 640. The summed E-state index contributed by atoms with van der Waals surface area (Å²) in [6, 6.07) is 7.69. The van der Waals surface area contributed by atoms with Crippen LogP contribution in [0.2, 0.25) is 0 Å². The van der Waals surface area contributed by atoms with Gasteiger partial charge >= 0.3 is 0 Å². The molecule has 0 saturated heterocycles. The van der Waals surface area contributed by atoms with Crippen LogP contribution in [0, 0.1) is 6.92 Å². The molecule has 0 N–H and O–H groups in total. The highest BCUT2D eigenvalue weighted by molar-refractivity contribution is 5.78. The van der Waals surface area contributed by atoms with Crippen molar-refractivity contribution in [1.29, 1.82) is 0 Å². The van der Waals surface area contributed by atoms with Crippen molar-refractivity contribution in [2.45, 2.75) is 19.9 Å². The fourth-order valence-electron chi connectivity index (χ4n) is 2.35. The second-order valence-corrected chi connectivity index (χ2v) is 5.16. The highest BCUT2D eigenvalue weighted by atomic mass is 16.5. The Morgan fingerprint density at radius 3 is 2.95 bits per heavy atom. The Morgan fingerprint density at radius 2 is 2.14 bits per heavy atom. The summed E-state index contributed by atoms with van der Waals surface area (Å²) in [6.45, 7) is 3.32. The van der Waals surface area contributed by atoms with Crippen LogP contribution in [-0.2, 0) is 17.8 Å². The monoisotopic (exact) mass is 283 g/mol. The largest absolute Gasteiger partial charge is 0.484 e. The highest BCUT2D eigenvalue weighted by Gasteiger charge is 2.21. The number of ether oxygens (including phenoxy) is 1. The van der Waals surface area contributed by atoms with E-state index in [0.29, 0.717) is 13.1 Å². The Kier molecular flexibility index (Phi) is 3.81. The van der Waals surface area contributed by atoms with Crippen molar-refractivity contribution in [3.05, 3.63) is 53.6 Å². The van der Waals surface area contributed by atoms with Crippen LogP contribution in [0.4, 0.5) is 0 Å². The van der Waals surface area contributed by atoms with Gasteiger partial charge in [-0.05, 0) is 19.1 Å². The van der Waals surface area contributed by atoms with Crippen LogP contribution in [0.3, 0.4) is 0 Å². The second-order valence-electron chi connectivity index (χ2n) is 5.16. The maximum absolute atomic E-state index is 12.2. The summed E-state index contributed by atoms with van der Waals surface area (Å²) >= 11 is 0. The van der Waals surface area contributed by atoms with Gasteiger partial charge in [-0.2, -0.15) is 0 Å². The van der Waals surface area contributed by atoms with Gasteiger partial charge in [0.1, 0.15) is 12.1 Å². The summed E-state index contributed by atoms with van der Waals surface area (Å²) in [5, 5.41) is 0. The summed E-state index contributed by atoms with van der Waals surface area (Å²) in [4.78, 5) is 22.2. The lowest BCUT2D eigenvalue weighted by Gasteiger charge is -2.27. The minimum Gasteiger partial charge on any atom is -0.484 e. The number of rotatable bonds is 3. The van der Waals surface area contributed by atoms with Crippen LogP contribution >= 0.6 is 0 Å². The predicted molar refractivity (Wildman–Crippen MR) is 77.8 cm³/mol. The minimum absolute atomic E-state index is 0.00919. The van der Waals surface area contributed by atoms with E-state index in [4.69, 9.17) is 4.74 Å². The molecule has 0 fully saturated rings. The number of aryl methyl sites for hydroxylation is 1. The van der Waals surface area contributed by atoms with E-state index in [1.807, 2.05) is 31.2 Å². The third-order valence-electron chi connectivity index (χ3n) is 3.60. The average Bonchev–Trinajstić information content (AvgIpc) is 2.53.